The molecule has 0 bridgehead atoms. The van der Waals surface area contributed by atoms with Crippen LogP contribution in [0.1, 0.15) is 38.5 Å². The quantitative estimate of drug-likeness (QED) is 0.578. The van der Waals surface area contributed by atoms with Gasteiger partial charge in [0, 0.05) is 13.0 Å². The van der Waals surface area contributed by atoms with Gasteiger partial charge in [-0.25, -0.2) is 0 Å². The van der Waals surface area contributed by atoms with Crippen LogP contribution in [0.15, 0.2) is 0 Å². The third-order valence-electron chi connectivity index (χ3n) is 3.50. The lowest BCUT2D eigenvalue weighted by atomic mass is 10.1. The lowest BCUT2D eigenvalue weighted by molar-refractivity contribution is -0.129. The number of aliphatic hydroxyl groups is 1. The molecule has 2 saturated carbocycles. The zero-order valence-electron chi connectivity index (χ0n) is 10.7. The topological polar surface area (TPSA) is 78.4 Å². The van der Waals surface area contributed by atoms with Crippen molar-refractivity contribution in [3.8, 4) is 0 Å². The summed E-state index contributed by atoms with van der Waals surface area (Å²) in [5, 5.41) is 14.2. The molecule has 102 valence electrons. The molecule has 18 heavy (non-hydrogen) atoms. The van der Waals surface area contributed by atoms with Crippen LogP contribution in [-0.2, 0) is 9.59 Å². The van der Waals surface area contributed by atoms with Crippen LogP contribution in [0, 0.1) is 11.8 Å². The minimum Gasteiger partial charge on any atom is -0.395 e. The van der Waals surface area contributed by atoms with Crippen molar-refractivity contribution < 1.29 is 14.7 Å². The summed E-state index contributed by atoms with van der Waals surface area (Å²) < 4.78 is 0. The number of nitrogens with one attached hydrogen (secondary N) is 2. The number of rotatable bonds is 8. The van der Waals surface area contributed by atoms with E-state index in [1.165, 1.54) is 0 Å². The van der Waals surface area contributed by atoms with Gasteiger partial charge in [0.1, 0.15) is 6.04 Å². The minimum atomic E-state index is -0.421. The summed E-state index contributed by atoms with van der Waals surface area (Å²) in [6.07, 6.45) is 5.86. The normalized spacial score (nSPS) is 20.3. The van der Waals surface area contributed by atoms with Gasteiger partial charge in [0.2, 0.25) is 11.8 Å². The Kier molecular flexibility index (Phi) is 4.58. The van der Waals surface area contributed by atoms with Crippen LogP contribution >= 0.6 is 0 Å². The molecule has 0 unspecified atom stereocenters. The van der Waals surface area contributed by atoms with Crippen molar-refractivity contribution in [3.63, 3.8) is 0 Å². The fraction of sp³-hybridized carbons (Fsp3) is 0.846. The third-order valence-corrected chi connectivity index (χ3v) is 3.50. The highest BCUT2D eigenvalue weighted by Gasteiger charge is 2.31. The first-order valence-electron chi connectivity index (χ1n) is 6.87. The SMILES string of the molecule is O=C(CC1CC1)N[C@H](CC1CC1)C(=O)NCCO. The molecule has 2 aliphatic rings. The highest BCUT2D eigenvalue weighted by atomic mass is 16.3. The van der Waals surface area contributed by atoms with E-state index in [1.807, 2.05) is 0 Å². The van der Waals surface area contributed by atoms with E-state index < -0.39 is 6.04 Å². The Hall–Kier alpha value is -1.10. The fourth-order valence-electron chi connectivity index (χ4n) is 2.06. The Balaban J connectivity index is 1.78. The molecule has 0 spiro atoms. The summed E-state index contributed by atoms with van der Waals surface area (Å²) in [5.74, 6) is 0.936. The van der Waals surface area contributed by atoms with Gasteiger partial charge in [-0.15, -0.1) is 0 Å². The van der Waals surface area contributed by atoms with Crippen LogP contribution in [0.25, 0.3) is 0 Å². The van der Waals surface area contributed by atoms with E-state index in [-0.39, 0.29) is 25.0 Å². The molecule has 2 aliphatic carbocycles. The second-order valence-electron chi connectivity index (χ2n) is 5.46. The summed E-state index contributed by atoms with van der Waals surface area (Å²) in [5.41, 5.74) is 0. The molecule has 0 saturated heterocycles. The molecule has 0 heterocycles. The van der Waals surface area contributed by atoms with Gasteiger partial charge in [-0.3, -0.25) is 9.59 Å². The van der Waals surface area contributed by atoms with Gasteiger partial charge in [-0.05, 0) is 31.1 Å². The van der Waals surface area contributed by atoms with Gasteiger partial charge < -0.3 is 15.7 Å². The lowest BCUT2D eigenvalue weighted by Crippen LogP contribution is -2.47. The maximum absolute atomic E-state index is 11.9. The molecule has 2 amide bonds. The monoisotopic (exact) mass is 254 g/mol. The molecule has 5 heteroatoms. The molecule has 0 aromatic heterocycles. The third kappa shape index (κ3) is 4.64. The fourth-order valence-corrected chi connectivity index (χ4v) is 2.06. The average Bonchev–Trinajstić information content (AvgIpc) is 3.20. The molecule has 0 aliphatic heterocycles. The van der Waals surface area contributed by atoms with Gasteiger partial charge in [-0.2, -0.15) is 0 Å². The van der Waals surface area contributed by atoms with Crippen LogP contribution in [0.4, 0.5) is 0 Å². The summed E-state index contributed by atoms with van der Waals surface area (Å²) in [4.78, 5) is 23.6. The second kappa shape index (κ2) is 6.18. The summed E-state index contributed by atoms with van der Waals surface area (Å²) in [6, 6.07) is -0.421. The number of aliphatic hydroxyl groups excluding tert-OH is 1. The van der Waals surface area contributed by atoms with E-state index in [0.717, 1.165) is 32.1 Å². The van der Waals surface area contributed by atoms with E-state index in [9.17, 15) is 9.59 Å². The van der Waals surface area contributed by atoms with E-state index in [0.29, 0.717) is 18.3 Å². The lowest BCUT2D eigenvalue weighted by Gasteiger charge is -2.18. The van der Waals surface area contributed by atoms with Crippen molar-refractivity contribution in [2.45, 2.75) is 44.6 Å². The van der Waals surface area contributed by atoms with Crippen LogP contribution in [-0.4, -0.2) is 36.1 Å². The molecule has 0 aromatic rings. The Morgan fingerprint density at radius 1 is 1.17 bits per heavy atom. The van der Waals surface area contributed by atoms with Crippen molar-refractivity contribution in [1.82, 2.24) is 10.6 Å². The zero-order chi connectivity index (χ0) is 13.0. The van der Waals surface area contributed by atoms with Gasteiger partial charge in [0.05, 0.1) is 6.61 Å². The van der Waals surface area contributed by atoms with Crippen LogP contribution < -0.4 is 10.6 Å². The van der Waals surface area contributed by atoms with Gasteiger partial charge in [-0.1, -0.05) is 12.8 Å². The van der Waals surface area contributed by atoms with Gasteiger partial charge in [0.25, 0.3) is 0 Å². The van der Waals surface area contributed by atoms with Crippen molar-refractivity contribution in [2.24, 2.45) is 11.8 Å². The van der Waals surface area contributed by atoms with Crippen LogP contribution in [0.3, 0.4) is 0 Å². The van der Waals surface area contributed by atoms with Crippen molar-refractivity contribution in [2.75, 3.05) is 13.2 Å². The van der Waals surface area contributed by atoms with Crippen molar-refractivity contribution in [1.29, 1.82) is 0 Å². The number of amides is 2. The molecule has 3 N–H and O–H groups in total. The van der Waals surface area contributed by atoms with E-state index in [4.69, 9.17) is 5.11 Å². The first-order chi connectivity index (χ1) is 8.69. The largest absolute Gasteiger partial charge is 0.395 e. The summed E-state index contributed by atoms with van der Waals surface area (Å²) in [6.45, 7) is 0.177. The van der Waals surface area contributed by atoms with Gasteiger partial charge in [0.15, 0.2) is 0 Å². The first-order valence-corrected chi connectivity index (χ1v) is 6.87. The molecule has 1 atom stereocenters. The Morgan fingerprint density at radius 2 is 1.83 bits per heavy atom. The Morgan fingerprint density at radius 3 is 2.39 bits per heavy atom. The minimum absolute atomic E-state index is 0.0118. The highest BCUT2D eigenvalue weighted by Crippen LogP contribution is 2.34. The predicted molar refractivity (Wildman–Crippen MR) is 66.7 cm³/mol. The first kappa shape index (κ1) is 13.3. The molecule has 0 aromatic carbocycles. The molecule has 5 nitrogen and oxygen atoms in total. The average molecular weight is 254 g/mol. The number of carbonyl (C=O) groups excluding carboxylic acids is 2. The van der Waals surface area contributed by atoms with Crippen molar-refractivity contribution in [3.05, 3.63) is 0 Å². The van der Waals surface area contributed by atoms with E-state index >= 15 is 0 Å². The maximum Gasteiger partial charge on any atom is 0.242 e. The molecule has 0 radical (unpaired) electrons. The van der Waals surface area contributed by atoms with Crippen LogP contribution in [0.2, 0.25) is 0 Å². The Bertz CT molecular complexity index is 311. The number of hydrogen-bond donors (Lipinski definition) is 3. The van der Waals surface area contributed by atoms with E-state index in [1.54, 1.807) is 0 Å². The maximum atomic E-state index is 11.9. The summed E-state index contributed by atoms with van der Waals surface area (Å²) >= 11 is 0. The standard InChI is InChI=1S/C13H22N2O3/c16-6-5-14-13(18)11(7-9-1-2-9)15-12(17)8-10-3-4-10/h9-11,16H,1-8H2,(H,14,18)(H,15,17)/t11-/m1/s1. The van der Waals surface area contributed by atoms with Gasteiger partial charge >= 0.3 is 0 Å². The van der Waals surface area contributed by atoms with E-state index in [2.05, 4.69) is 10.6 Å². The smallest absolute Gasteiger partial charge is 0.242 e. The van der Waals surface area contributed by atoms with Crippen LogP contribution in [0.5, 0.6) is 0 Å². The molecular weight excluding hydrogens is 232 g/mol. The highest BCUT2D eigenvalue weighted by molar-refractivity contribution is 5.87. The second-order valence-corrected chi connectivity index (χ2v) is 5.46. The number of hydrogen-bond acceptors (Lipinski definition) is 3. The van der Waals surface area contributed by atoms with Crippen molar-refractivity contribution >= 4 is 11.8 Å². The predicted octanol–water partition coefficient (Wildman–Crippen LogP) is 0.180. The Labute approximate surface area is 107 Å². The zero-order valence-corrected chi connectivity index (χ0v) is 10.7. The summed E-state index contributed by atoms with van der Waals surface area (Å²) in [7, 11) is 0. The molecular formula is C13H22N2O3. The number of carbonyl (C=O) groups is 2. The molecule has 2 rings (SSSR count). The molecule has 2 fully saturated rings.